The van der Waals surface area contributed by atoms with Crippen LogP contribution in [-0.4, -0.2) is 37.1 Å². The predicted octanol–water partition coefficient (Wildman–Crippen LogP) is 3.86. The lowest BCUT2D eigenvalue weighted by Gasteiger charge is -2.15. The van der Waals surface area contributed by atoms with E-state index in [2.05, 4.69) is 15.1 Å². The molecule has 10 heteroatoms. The van der Waals surface area contributed by atoms with E-state index in [1.165, 1.54) is 17.9 Å². The van der Waals surface area contributed by atoms with Crippen molar-refractivity contribution in [2.24, 2.45) is 0 Å². The van der Waals surface area contributed by atoms with Crippen LogP contribution >= 0.6 is 0 Å². The fourth-order valence-electron chi connectivity index (χ4n) is 4.00. The minimum Gasteiger partial charge on any atom is -0.495 e. The summed E-state index contributed by atoms with van der Waals surface area (Å²) >= 11 is 0. The van der Waals surface area contributed by atoms with Gasteiger partial charge >= 0.3 is 0 Å². The average molecular weight is 483 g/mol. The lowest BCUT2D eigenvalue weighted by atomic mass is 10.0. The van der Waals surface area contributed by atoms with Crippen LogP contribution in [0, 0.1) is 0 Å². The van der Waals surface area contributed by atoms with E-state index in [9.17, 15) is 18.0 Å². The zero-order valence-electron chi connectivity index (χ0n) is 19.2. The van der Waals surface area contributed by atoms with Crippen LogP contribution in [0.4, 0.5) is 11.5 Å². The van der Waals surface area contributed by atoms with Crippen LogP contribution < -0.4 is 14.8 Å². The summed E-state index contributed by atoms with van der Waals surface area (Å²) in [6.07, 6.45) is 1.25. The van der Waals surface area contributed by atoms with Gasteiger partial charge in [-0.1, -0.05) is 38.1 Å². The van der Waals surface area contributed by atoms with Crippen LogP contribution in [-0.2, 0) is 27.7 Å². The van der Waals surface area contributed by atoms with Gasteiger partial charge in [0.15, 0.2) is 0 Å². The van der Waals surface area contributed by atoms with E-state index in [1.54, 1.807) is 24.3 Å². The smallest absolute Gasteiger partial charge is 0.265 e. The summed E-state index contributed by atoms with van der Waals surface area (Å²) < 4.78 is 36.1. The zero-order valence-corrected chi connectivity index (χ0v) is 20.0. The molecule has 0 spiro atoms. The summed E-state index contributed by atoms with van der Waals surface area (Å²) in [7, 11) is -2.63. The second kappa shape index (κ2) is 9.30. The summed E-state index contributed by atoms with van der Waals surface area (Å²) in [4.78, 5) is 24.7. The second-order valence-electron chi connectivity index (χ2n) is 7.86. The molecule has 4 rings (SSSR count). The van der Waals surface area contributed by atoms with Crippen LogP contribution in [0.3, 0.4) is 0 Å². The molecule has 0 fully saturated rings. The first kappa shape index (κ1) is 23.5. The van der Waals surface area contributed by atoms with Gasteiger partial charge in [-0.05, 0) is 42.2 Å². The number of fused-ring (bicyclic) bond motifs is 1. The Balaban J connectivity index is 1.86. The molecule has 178 valence electrons. The van der Waals surface area contributed by atoms with Crippen molar-refractivity contribution in [1.82, 2.24) is 9.78 Å². The molecule has 3 aromatic rings. The normalized spacial score (nSPS) is 13.7. The molecule has 1 aliphatic heterocycles. The average Bonchev–Trinajstić information content (AvgIpc) is 3.13. The van der Waals surface area contributed by atoms with Crippen LogP contribution in [0.5, 0.6) is 5.75 Å². The Morgan fingerprint density at radius 2 is 1.85 bits per heavy atom. The van der Waals surface area contributed by atoms with Gasteiger partial charge in [-0.15, -0.1) is 0 Å². The van der Waals surface area contributed by atoms with Gasteiger partial charge in [-0.25, -0.2) is 8.42 Å². The Kier molecular flexibility index (Phi) is 6.43. The summed E-state index contributed by atoms with van der Waals surface area (Å²) in [5, 5.41) is 7.16. The fourth-order valence-corrected chi connectivity index (χ4v) is 5.30. The maximum atomic E-state index is 13.4. The molecule has 2 heterocycles. The number of hydrogen-bond donors (Lipinski definition) is 2. The first-order valence-corrected chi connectivity index (χ1v) is 12.5. The molecule has 1 amide bonds. The summed E-state index contributed by atoms with van der Waals surface area (Å²) in [5.41, 5.74) is 2.93. The van der Waals surface area contributed by atoms with Gasteiger partial charge < -0.3 is 10.1 Å². The number of anilines is 2. The molecular weight excluding hydrogens is 456 g/mol. The van der Waals surface area contributed by atoms with Crippen molar-refractivity contribution < 1.29 is 22.7 Å². The maximum Gasteiger partial charge on any atom is 0.265 e. The summed E-state index contributed by atoms with van der Waals surface area (Å²) in [6, 6.07) is 11.9. The number of aryl methyl sites for hydroxylation is 2. The predicted molar refractivity (Wildman–Crippen MR) is 129 cm³/mol. The Morgan fingerprint density at radius 1 is 1.09 bits per heavy atom. The molecule has 0 atom stereocenters. The molecule has 0 saturated carbocycles. The number of nitrogens with one attached hydrogen (secondary N) is 2. The SMILES string of the molecule is CCc1ccccc1NS(=O)(=O)c1cc(-c2c(CC)nn3c2NC(=O)CCC3=O)ccc1OC. The van der Waals surface area contributed by atoms with Gasteiger partial charge in [0.1, 0.15) is 16.5 Å². The van der Waals surface area contributed by atoms with Crippen molar-refractivity contribution in [3.05, 3.63) is 53.7 Å². The van der Waals surface area contributed by atoms with E-state index in [0.717, 1.165) is 5.56 Å². The number of nitrogens with zero attached hydrogens (tertiary/aromatic N) is 2. The highest BCUT2D eigenvalue weighted by atomic mass is 32.2. The van der Waals surface area contributed by atoms with E-state index in [4.69, 9.17) is 4.74 Å². The molecule has 0 radical (unpaired) electrons. The van der Waals surface area contributed by atoms with E-state index >= 15 is 0 Å². The lowest BCUT2D eigenvalue weighted by molar-refractivity contribution is -0.116. The number of ether oxygens (including phenoxy) is 1. The minimum absolute atomic E-state index is 0.0477. The topological polar surface area (TPSA) is 119 Å². The molecule has 2 N–H and O–H groups in total. The molecular formula is C24H26N4O5S. The van der Waals surface area contributed by atoms with Crippen LogP contribution in [0.25, 0.3) is 11.1 Å². The number of rotatable bonds is 7. The molecule has 34 heavy (non-hydrogen) atoms. The molecule has 9 nitrogen and oxygen atoms in total. The van der Waals surface area contributed by atoms with Gasteiger partial charge in [-0.3, -0.25) is 14.3 Å². The monoisotopic (exact) mass is 482 g/mol. The number of sulfonamides is 1. The molecule has 0 aliphatic carbocycles. The highest BCUT2D eigenvalue weighted by Gasteiger charge is 2.29. The third-order valence-corrected chi connectivity index (χ3v) is 7.12. The minimum atomic E-state index is -4.03. The molecule has 2 aromatic carbocycles. The van der Waals surface area contributed by atoms with Gasteiger partial charge in [-0.2, -0.15) is 9.78 Å². The van der Waals surface area contributed by atoms with E-state index in [1.807, 2.05) is 26.0 Å². The second-order valence-corrected chi connectivity index (χ2v) is 9.51. The number of amides is 1. The highest BCUT2D eigenvalue weighted by Crippen LogP contribution is 2.38. The molecule has 0 bridgehead atoms. The number of carbonyl (C=O) groups excluding carboxylic acids is 2. The molecule has 1 aromatic heterocycles. The fraction of sp³-hybridized carbons (Fsp3) is 0.292. The quantitative estimate of drug-likeness (QED) is 0.528. The van der Waals surface area contributed by atoms with Crippen LogP contribution in [0.15, 0.2) is 47.4 Å². The van der Waals surface area contributed by atoms with E-state index < -0.39 is 10.0 Å². The Labute approximate surface area is 198 Å². The standard InChI is InChI=1S/C24H26N4O5S/c1-4-15-8-6-7-9-18(15)27-34(31,32)20-14-16(10-11-19(20)33-3)23-17(5-2)26-28-22(30)13-12-21(29)25-24(23)28/h6-11,14,27H,4-5,12-13H2,1-3H3,(H,25,29). The maximum absolute atomic E-state index is 13.4. The Morgan fingerprint density at radius 3 is 2.56 bits per heavy atom. The number of methoxy groups -OCH3 is 1. The van der Waals surface area contributed by atoms with Gasteiger partial charge in [0.05, 0.1) is 18.5 Å². The molecule has 0 saturated heterocycles. The first-order valence-electron chi connectivity index (χ1n) is 11.0. The lowest BCUT2D eigenvalue weighted by Crippen LogP contribution is -2.15. The number of aromatic nitrogens is 2. The molecule has 1 aliphatic rings. The van der Waals surface area contributed by atoms with Crippen molar-refractivity contribution in [2.45, 2.75) is 44.4 Å². The third kappa shape index (κ3) is 4.28. The van der Waals surface area contributed by atoms with Crippen molar-refractivity contribution >= 4 is 33.3 Å². The zero-order chi connectivity index (χ0) is 24.5. The summed E-state index contributed by atoms with van der Waals surface area (Å²) in [5.74, 6) is -0.174. The van der Waals surface area contributed by atoms with Gasteiger partial charge in [0.25, 0.3) is 10.0 Å². The number of hydrogen-bond acceptors (Lipinski definition) is 6. The van der Waals surface area contributed by atoms with Crippen molar-refractivity contribution in [2.75, 3.05) is 17.1 Å². The van der Waals surface area contributed by atoms with Gasteiger partial charge in [0.2, 0.25) is 11.8 Å². The van der Waals surface area contributed by atoms with E-state index in [0.29, 0.717) is 35.3 Å². The van der Waals surface area contributed by atoms with Crippen molar-refractivity contribution in [3.8, 4) is 16.9 Å². The van der Waals surface area contributed by atoms with Crippen molar-refractivity contribution in [3.63, 3.8) is 0 Å². The number of carbonyl (C=O) groups is 2. The van der Waals surface area contributed by atoms with Crippen LogP contribution in [0.2, 0.25) is 0 Å². The first-order chi connectivity index (χ1) is 16.3. The van der Waals surface area contributed by atoms with E-state index in [-0.39, 0.29) is 41.1 Å². The van der Waals surface area contributed by atoms with Gasteiger partial charge in [0, 0.05) is 18.4 Å². The van der Waals surface area contributed by atoms with Crippen LogP contribution in [0.1, 0.15) is 42.7 Å². The number of benzene rings is 2. The molecule has 0 unspecified atom stereocenters. The largest absolute Gasteiger partial charge is 0.495 e. The highest BCUT2D eigenvalue weighted by molar-refractivity contribution is 7.92. The Bertz CT molecular complexity index is 1380. The number of para-hydroxylation sites is 1. The van der Waals surface area contributed by atoms with Crippen molar-refractivity contribution in [1.29, 1.82) is 0 Å². The third-order valence-electron chi connectivity index (χ3n) is 5.74. The summed E-state index contributed by atoms with van der Waals surface area (Å²) in [6.45, 7) is 3.82. The Hall–Kier alpha value is -3.66.